The van der Waals surface area contributed by atoms with E-state index >= 15 is 0 Å². The third-order valence-electron chi connectivity index (χ3n) is 2.81. The second-order valence-corrected chi connectivity index (χ2v) is 5.06. The SMILES string of the molecule is OSCCCN1CCN(CCCS)CC1. The number of thiol groups is 1. The van der Waals surface area contributed by atoms with Gasteiger partial charge in [-0.25, -0.2) is 0 Å². The first-order valence-corrected chi connectivity index (χ1v) is 7.26. The van der Waals surface area contributed by atoms with Crippen LogP contribution in [0.15, 0.2) is 0 Å². The molecule has 1 saturated heterocycles. The molecule has 0 unspecified atom stereocenters. The van der Waals surface area contributed by atoms with Crippen molar-refractivity contribution in [3.05, 3.63) is 0 Å². The smallest absolute Gasteiger partial charge is 0.0207 e. The molecule has 5 heteroatoms. The van der Waals surface area contributed by atoms with Crippen LogP contribution >= 0.6 is 24.7 Å². The van der Waals surface area contributed by atoms with Crippen LogP contribution in [0.2, 0.25) is 0 Å². The summed E-state index contributed by atoms with van der Waals surface area (Å²) in [5.41, 5.74) is 0. The van der Waals surface area contributed by atoms with Crippen molar-refractivity contribution in [2.45, 2.75) is 12.8 Å². The van der Waals surface area contributed by atoms with Crippen molar-refractivity contribution >= 4 is 24.7 Å². The zero-order valence-electron chi connectivity index (χ0n) is 9.27. The minimum absolute atomic E-state index is 0.861. The van der Waals surface area contributed by atoms with E-state index in [-0.39, 0.29) is 0 Å². The molecule has 0 saturated carbocycles. The Bertz CT molecular complexity index is 152. The standard InChI is InChI=1S/C10H22N2OS2/c13-15-10-2-4-12-7-5-11(6-8-12)3-1-9-14/h13-14H,1-10H2. The molecule has 1 aliphatic heterocycles. The summed E-state index contributed by atoms with van der Waals surface area (Å²) in [6.07, 6.45) is 2.29. The minimum atomic E-state index is 0.861. The Balaban J connectivity index is 2.02. The van der Waals surface area contributed by atoms with E-state index in [4.69, 9.17) is 4.55 Å². The van der Waals surface area contributed by atoms with Gasteiger partial charge in [0.15, 0.2) is 0 Å². The van der Waals surface area contributed by atoms with Gasteiger partial charge in [0.25, 0.3) is 0 Å². The van der Waals surface area contributed by atoms with E-state index in [9.17, 15) is 0 Å². The zero-order chi connectivity index (χ0) is 10.9. The van der Waals surface area contributed by atoms with Gasteiger partial charge in [0, 0.05) is 31.9 Å². The van der Waals surface area contributed by atoms with Crippen LogP contribution in [0, 0.1) is 0 Å². The molecule has 1 fully saturated rings. The Kier molecular flexibility index (Phi) is 7.91. The van der Waals surface area contributed by atoms with Crippen LogP contribution in [0.3, 0.4) is 0 Å². The molecule has 0 aliphatic carbocycles. The second-order valence-electron chi connectivity index (χ2n) is 3.95. The van der Waals surface area contributed by atoms with E-state index in [1.807, 2.05) is 0 Å². The summed E-state index contributed by atoms with van der Waals surface area (Å²) >= 11 is 5.19. The van der Waals surface area contributed by atoms with Crippen LogP contribution in [0.25, 0.3) is 0 Å². The van der Waals surface area contributed by atoms with E-state index in [1.54, 1.807) is 0 Å². The molecule has 3 nitrogen and oxygen atoms in total. The number of piperazine rings is 1. The summed E-state index contributed by atoms with van der Waals surface area (Å²) < 4.78 is 8.62. The molecule has 15 heavy (non-hydrogen) atoms. The lowest BCUT2D eigenvalue weighted by Gasteiger charge is -2.34. The molecule has 1 rings (SSSR count). The monoisotopic (exact) mass is 250 g/mol. The van der Waals surface area contributed by atoms with Crippen LogP contribution in [-0.4, -0.2) is 65.1 Å². The van der Waals surface area contributed by atoms with Crippen molar-refractivity contribution in [2.75, 3.05) is 50.8 Å². The van der Waals surface area contributed by atoms with Gasteiger partial charge in [-0.15, -0.1) is 0 Å². The molecule has 0 aromatic rings. The molecule has 0 bridgehead atoms. The summed E-state index contributed by atoms with van der Waals surface area (Å²) in [5.74, 6) is 1.85. The van der Waals surface area contributed by atoms with Gasteiger partial charge in [0.1, 0.15) is 0 Å². The van der Waals surface area contributed by atoms with Crippen molar-refractivity contribution < 1.29 is 4.55 Å². The number of hydrogen-bond acceptors (Lipinski definition) is 5. The van der Waals surface area contributed by atoms with E-state index in [2.05, 4.69) is 22.4 Å². The minimum Gasteiger partial charge on any atom is -0.330 e. The summed E-state index contributed by atoms with van der Waals surface area (Å²) in [7, 11) is 0. The Morgan fingerprint density at radius 2 is 1.53 bits per heavy atom. The van der Waals surface area contributed by atoms with Gasteiger partial charge in [-0.1, -0.05) is 0 Å². The molecule has 1 N–H and O–H groups in total. The van der Waals surface area contributed by atoms with Gasteiger partial charge >= 0.3 is 0 Å². The first-order valence-electron chi connectivity index (χ1n) is 5.68. The summed E-state index contributed by atoms with van der Waals surface area (Å²) in [6, 6.07) is 0. The molecule has 0 atom stereocenters. The zero-order valence-corrected chi connectivity index (χ0v) is 11.0. The molecule has 0 radical (unpaired) electrons. The molecule has 90 valence electrons. The topological polar surface area (TPSA) is 26.7 Å². The molecule has 1 aliphatic rings. The Morgan fingerprint density at radius 3 is 2.00 bits per heavy atom. The van der Waals surface area contributed by atoms with Gasteiger partial charge in [-0.3, -0.25) is 0 Å². The Morgan fingerprint density at radius 1 is 1.00 bits per heavy atom. The highest BCUT2D eigenvalue weighted by Gasteiger charge is 2.15. The lowest BCUT2D eigenvalue weighted by Crippen LogP contribution is -2.46. The fraction of sp³-hybridized carbons (Fsp3) is 1.00. The quantitative estimate of drug-likeness (QED) is 0.407. The van der Waals surface area contributed by atoms with Crippen LogP contribution < -0.4 is 0 Å². The molecule has 0 amide bonds. The molecule has 0 aromatic carbocycles. The second kappa shape index (κ2) is 8.70. The van der Waals surface area contributed by atoms with Gasteiger partial charge in [-0.2, -0.15) is 12.6 Å². The molecular weight excluding hydrogens is 228 g/mol. The van der Waals surface area contributed by atoms with Crippen molar-refractivity contribution in [2.24, 2.45) is 0 Å². The van der Waals surface area contributed by atoms with E-state index in [0.29, 0.717) is 0 Å². The average molecular weight is 250 g/mol. The van der Waals surface area contributed by atoms with Crippen LogP contribution in [-0.2, 0) is 0 Å². The lowest BCUT2D eigenvalue weighted by molar-refractivity contribution is 0.133. The van der Waals surface area contributed by atoms with Gasteiger partial charge in [0.2, 0.25) is 0 Å². The first-order chi connectivity index (χ1) is 7.36. The van der Waals surface area contributed by atoms with Crippen molar-refractivity contribution in [3.63, 3.8) is 0 Å². The number of rotatable bonds is 7. The summed E-state index contributed by atoms with van der Waals surface area (Å²) in [4.78, 5) is 5.01. The predicted molar refractivity (Wildman–Crippen MR) is 71.1 cm³/mol. The molecule has 0 aromatic heterocycles. The number of hydrogen-bond donors (Lipinski definition) is 2. The van der Waals surface area contributed by atoms with E-state index in [0.717, 1.165) is 36.5 Å². The van der Waals surface area contributed by atoms with E-state index < -0.39 is 0 Å². The fourth-order valence-electron chi connectivity index (χ4n) is 1.88. The van der Waals surface area contributed by atoms with Crippen molar-refractivity contribution in [1.29, 1.82) is 0 Å². The van der Waals surface area contributed by atoms with Crippen LogP contribution in [0.4, 0.5) is 0 Å². The van der Waals surface area contributed by atoms with Crippen molar-refractivity contribution in [1.82, 2.24) is 9.80 Å². The highest BCUT2D eigenvalue weighted by Crippen LogP contribution is 2.05. The Labute approximate surface area is 103 Å². The lowest BCUT2D eigenvalue weighted by atomic mass is 10.3. The molecule has 0 spiro atoms. The van der Waals surface area contributed by atoms with Crippen LogP contribution in [0.5, 0.6) is 0 Å². The largest absolute Gasteiger partial charge is 0.330 e. The normalized spacial score (nSPS) is 19.6. The van der Waals surface area contributed by atoms with E-state index in [1.165, 1.54) is 39.1 Å². The molecular formula is C10H22N2OS2. The number of nitrogens with zero attached hydrogens (tertiary/aromatic N) is 2. The maximum Gasteiger partial charge on any atom is 0.0207 e. The van der Waals surface area contributed by atoms with Crippen LogP contribution in [0.1, 0.15) is 12.8 Å². The van der Waals surface area contributed by atoms with Gasteiger partial charge in [-0.05, 0) is 43.7 Å². The maximum absolute atomic E-state index is 8.62. The first kappa shape index (κ1) is 13.6. The van der Waals surface area contributed by atoms with Crippen molar-refractivity contribution in [3.8, 4) is 0 Å². The highest BCUT2D eigenvalue weighted by atomic mass is 32.2. The Hall–Kier alpha value is 0.580. The van der Waals surface area contributed by atoms with Gasteiger partial charge in [0.05, 0.1) is 0 Å². The third-order valence-corrected chi connectivity index (χ3v) is 3.59. The predicted octanol–water partition coefficient (Wildman–Crippen LogP) is 1.52. The average Bonchev–Trinajstić information content (AvgIpc) is 2.28. The summed E-state index contributed by atoms with van der Waals surface area (Å²) in [6.45, 7) is 7.09. The highest BCUT2D eigenvalue weighted by molar-refractivity contribution is 7.93. The summed E-state index contributed by atoms with van der Waals surface area (Å²) in [5, 5.41) is 0. The third kappa shape index (κ3) is 6.02. The molecule has 1 heterocycles. The fourth-order valence-corrected chi connectivity index (χ4v) is 2.28. The maximum atomic E-state index is 8.62. The van der Waals surface area contributed by atoms with Gasteiger partial charge < -0.3 is 14.4 Å².